The molecule has 3 N–H and O–H groups in total. The summed E-state index contributed by atoms with van der Waals surface area (Å²) in [7, 11) is 4.79. The molecule has 0 atom stereocenters. The minimum absolute atomic E-state index is 0.0417. The van der Waals surface area contributed by atoms with Crippen molar-refractivity contribution in [1.29, 1.82) is 0 Å². The first-order valence-electron chi connectivity index (χ1n) is 10.9. The average Bonchev–Trinajstić information content (AvgIpc) is 3.25. The predicted octanol–water partition coefficient (Wildman–Crippen LogP) is 4.97. The van der Waals surface area contributed by atoms with Crippen LogP contribution in [-0.2, 0) is 11.8 Å². The minimum atomic E-state index is -0.788. The number of hydrogen-bond donors (Lipinski definition) is 3. The molecule has 0 bridgehead atoms. The third kappa shape index (κ3) is 5.69. The Hall–Kier alpha value is -4.87. The summed E-state index contributed by atoms with van der Waals surface area (Å²) in [6, 6.07) is 6.18. The van der Waals surface area contributed by atoms with Gasteiger partial charge in [-0.05, 0) is 42.0 Å². The van der Waals surface area contributed by atoms with E-state index in [9.17, 15) is 18.0 Å². The molecule has 0 aliphatic carbocycles. The van der Waals surface area contributed by atoms with Crippen LogP contribution in [0.3, 0.4) is 0 Å². The van der Waals surface area contributed by atoms with Gasteiger partial charge in [-0.2, -0.15) is 10.1 Å². The molecule has 190 valence electrons. The molecule has 0 fully saturated rings. The van der Waals surface area contributed by atoms with Crippen LogP contribution in [0.5, 0.6) is 0 Å². The van der Waals surface area contributed by atoms with Gasteiger partial charge in [-0.1, -0.05) is 6.58 Å². The maximum atomic E-state index is 14.8. The van der Waals surface area contributed by atoms with E-state index in [4.69, 9.17) is 0 Å². The van der Waals surface area contributed by atoms with Gasteiger partial charge in [0, 0.05) is 44.8 Å². The second-order valence-electron chi connectivity index (χ2n) is 8.18. The fraction of sp³-hybridized carbons (Fsp3) is 0.120. The maximum absolute atomic E-state index is 14.8. The Balaban J connectivity index is 1.79. The zero-order valence-corrected chi connectivity index (χ0v) is 20.2. The van der Waals surface area contributed by atoms with E-state index in [1.807, 2.05) is 0 Å². The van der Waals surface area contributed by atoms with Crippen molar-refractivity contribution in [2.24, 2.45) is 7.05 Å². The van der Waals surface area contributed by atoms with Crippen molar-refractivity contribution in [3.63, 3.8) is 0 Å². The van der Waals surface area contributed by atoms with E-state index < -0.39 is 23.4 Å². The average molecular weight is 509 g/mol. The van der Waals surface area contributed by atoms with Crippen LogP contribution in [0.4, 0.5) is 47.7 Å². The summed E-state index contributed by atoms with van der Waals surface area (Å²) >= 11 is 0. The van der Waals surface area contributed by atoms with Crippen LogP contribution >= 0.6 is 0 Å². The Kier molecular flexibility index (Phi) is 7.09. The zero-order chi connectivity index (χ0) is 26.7. The Morgan fingerprint density at radius 3 is 2.38 bits per heavy atom. The number of carbonyl (C=O) groups is 1. The van der Waals surface area contributed by atoms with Gasteiger partial charge in [-0.25, -0.2) is 18.2 Å². The largest absolute Gasteiger partial charge is 0.373 e. The smallest absolute Gasteiger partial charge is 0.247 e. The van der Waals surface area contributed by atoms with Gasteiger partial charge in [0.1, 0.15) is 29.0 Å². The molecule has 0 saturated carbocycles. The topological polar surface area (TPSA) is 100 Å². The molecule has 0 saturated heterocycles. The highest BCUT2D eigenvalue weighted by atomic mass is 19.1. The number of rotatable bonds is 8. The van der Waals surface area contributed by atoms with E-state index in [1.54, 1.807) is 24.1 Å². The Labute approximate surface area is 210 Å². The van der Waals surface area contributed by atoms with Gasteiger partial charge in [-0.15, -0.1) is 0 Å². The predicted molar refractivity (Wildman–Crippen MR) is 137 cm³/mol. The normalized spacial score (nSPS) is 10.6. The minimum Gasteiger partial charge on any atom is -0.373 e. The van der Waals surface area contributed by atoms with Gasteiger partial charge >= 0.3 is 0 Å². The van der Waals surface area contributed by atoms with Gasteiger partial charge in [-0.3, -0.25) is 9.48 Å². The first kappa shape index (κ1) is 25.2. The van der Waals surface area contributed by atoms with E-state index in [-0.39, 0.29) is 34.3 Å². The summed E-state index contributed by atoms with van der Waals surface area (Å²) in [5.41, 5.74) is 0.984. The van der Waals surface area contributed by atoms with Crippen molar-refractivity contribution >= 4 is 40.4 Å². The van der Waals surface area contributed by atoms with Crippen molar-refractivity contribution in [2.75, 3.05) is 34.9 Å². The van der Waals surface area contributed by atoms with Gasteiger partial charge in [0.05, 0.1) is 17.6 Å². The first-order valence-corrected chi connectivity index (χ1v) is 10.9. The molecule has 2 aromatic heterocycles. The maximum Gasteiger partial charge on any atom is 0.247 e. The number of halogens is 3. The number of benzene rings is 2. The number of hydrogen-bond acceptors (Lipinski definition) is 7. The second-order valence-corrected chi connectivity index (χ2v) is 8.18. The first-order chi connectivity index (χ1) is 17.6. The molecule has 4 aromatic rings. The molecular formula is C25H23F3N8O. The number of carbonyl (C=O) groups excluding carboxylic acids is 1. The standard InChI is InChI=1S/C25H23F3N8O/c1-5-22(37)31-15-6-7-18(26)21(10-15)33-24-17(14-8-19(27)23(35(2)3)20(28)9-14)12-29-25(34-24)32-16-11-30-36(4)13-16/h5-13H,1H2,2-4H3,(H,31,37)(H2,29,32,33,34). The number of aryl methyl sites for hydroxylation is 1. The van der Waals surface area contributed by atoms with Crippen LogP contribution < -0.4 is 20.9 Å². The molecule has 0 radical (unpaired) electrons. The Morgan fingerprint density at radius 1 is 1.03 bits per heavy atom. The van der Waals surface area contributed by atoms with Crippen LogP contribution in [0.15, 0.2) is 61.6 Å². The van der Waals surface area contributed by atoms with Gasteiger partial charge in [0.2, 0.25) is 11.9 Å². The molecule has 4 rings (SSSR count). The molecule has 37 heavy (non-hydrogen) atoms. The molecule has 1 amide bonds. The van der Waals surface area contributed by atoms with Gasteiger partial charge < -0.3 is 20.9 Å². The van der Waals surface area contributed by atoms with Crippen molar-refractivity contribution < 1.29 is 18.0 Å². The summed E-state index contributed by atoms with van der Waals surface area (Å²) in [6.45, 7) is 3.39. The summed E-state index contributed by atoms with van der Waals surface area (Å²) in [4.78, 5) is 21.7. The lowest BCUT2D eigenvalue weighted by atomic mass is 10.1. The SMILES string of the molecule is C=CC(=O)Nc1ccc(F)c(Nc2nc(Nc3cnn(C)c3)ncc2-c2cc(F)c(N(C)C)c(F)c2)c1. The fourth-order valence-corrected chi connectivity index (χ4v) is 3.53. The van der Waals surface area contributed by atoms with Crippen LogP contribution in [-0.4, -0.2) is 39.8 Å². The number of nitrogens with zero attached hydrogens (tertiary/aromatic N) is 5. The van der Waals surface area contributed by atoms with E-state index in [2.05, 4.69) is 37.6 Å². The highest BCUT2D eigenvalue weighted by Gasteiger charge is 2.18. The number of nitrogens with one attached hydrogen (secondary N) is 3. The van der Waals surface area contributed by atoms with E-state index in [0.717, 1.165) is 24.3 Å². The van der Waals surface area contributed by atoms with Gasteiger partial charge in [0.15, 0.2) is 0 Å². The molecule has 2 heterocycles. The molecule has 0 spiro atoms. The molecular weight excluding hydrogens is 485 g/mol. The summed E-state index contributed by atoms with van der Waals surface area (Å²) in [5, 5.41) is 12.4. The third-order valence-electron chi connectivity index (χ3n) is 5.20. The zero-order valence-electron chi connectivity index (χ0n) is 20.2. The van der Waals surface area contributed by atoms with Crippen molar-refractivity contribution in [3.05, 3.63) is 79.0 Å². The third-order valence-corrected chi connectivity index (χ3v) is 5.20. The lowest BCUT2D eigenvalue weighted by molar-refractivity contribution is -0.111. The summed E-state index contributed by atoms with van der Waals surface area (Å²) < 4.78 is 45.9. The summed E-state index contributed by atoms with van der Waals surface area (Å²) in [6.07, 6.45) is 5.69. The van der Waals surface area contributed by atoms with Crippen molar-refractivity contribution in [2.45, 2.75) is 0 Å². The lowest BCUT2D eigenvalue weighted by Gasteiger charge is -2.17. The fourth-order valence-electron chi connectivity index (χ4n) is 3.53. The van der Waals surface area contributed by atoms with Crippen molar-refractivity contribution in [3.8, 4) is 11.1 Å². The van der Waals surface area contributed by atoms with E-state index in [1.165, 1.54) is 37.3 Å². The number of aromatic nitrogens is 4. The molecule has 12 heteroatoms. The molecule has 0 aliphatic heterocycles. The van der Waals surface area contributed by atoms with E-state index >= 15 is 0 Å². The van der Waals surface area contributed by atoms with Crippen molar-refractivity contribution in [1.82, 2.24) is 19.7 Å². The van der Waals surface area contributed by atoms with Gasteiger partial charge in [0.25, 0.3) is 0 Å². The molecule has 0 unspecified atom stereocenters. The second kappa shape index (κ2) is 10.4. The Morgan fingerprint density at radius 2 is 1.76 bits per heavy atom. The summed E-state index contributed by atoms with van der Waals surface area (Å²) in [5.74, 6) is -2.52. The van der Waals surface area contributed by atoms with Crippen LogP contribution in [0.25, 0.3) is 11.1 Å². The van der Waals surface area contributed by atoms with Crippen LogP contribution in [0.1, 0.15) is 0 Å². The monoisotopic (exact) mass is 508 g/mol. The van der Waals surface area contributed by atoms with Crippen LogP contribution in [0, 0.1) is 17.5 Å². The van der Waals surface area contributed by atoms with Crippen LogP contribution in [0.2, 0.25) is 0 Å². The quantitative estimate of drug-likeness (QED) is 0.289. The number of amides is 1. The molecule has 2 aromatic carbocycles. The molecule has 9 nitrogen and oxygen atoms in total. The number of anilines is 6. The highest BCUT2D eigenvalue weighted by Crippen LogP contribution is 2.35. The lowest BCUT2D eigenvalue weighted by Crippen LogP contribution is -2.13. The molecule has 0 aliphatic rings. The highest BCUT2D eigenvalue weighted by molar-refractivity contribution is 5.99. The van der Waals surface area contributed by atoms with E-state index in [0.29, 0.717) is 11.4 Å². The Bertz CT molecular complexity index is 1460.